The van der Waals surface area contributed by atoms with Crippen molar-refractivity contribution in [3.63, 3.8) is 0 Å². The van der Waals surface area contributed by atoms with Crippen LogP contribution in [-0.2, 0) is 10.5 Å². The van der Waals surface area contributed by atoms with Crippen molar-refractivity contribution in [2.24, 2.45) is 0 Å². The Labute approximate surface area is 170 Å². The number of aryl methyl sites for hydroxylation is 1. The first-order chi connectivity index (χ1) is 13.5. The third-order valence-corrected chi connectivity index (χ3v) is 5.02. The number of rotatable bonds is 6. The van der Waals surface area contributed by atoms with Gasteiger partial charge in [0, 0.05) is 0 Å². The van der Waals surface area contributed by atoms with Crippen LogP contribution in [-0.4, -0.2) is 27.7 Å². The monoisotopic (exact) mass is 414 g/mol. The number of hydrogen-bond acceptors (Lipinski definition) is 8. The van der Waals surface area contributed by atoms with Crippen molar-refractivity contribution in [2.45, 2.75) is 24.6 Å². The van der Waals surface area contributed by atoms with Crippen LogP contribution in [0.15, 0.2) is 39.9 Å². The molecule has 0 aliphatic carbocycles. The predicted octanol–water partition coefficient (Wildman–Crippen LogP) is 4.43. The standard InChI is InChI=1S/C19H15ClN4O3S/c1-3-26-19(25)14-8-12(9-21)18(22-11(14)2)28-10-16-23-17(27-24-16)13-6-4-5-7-15(13)20/h4-8H,3,10H2,1-2H3. The van der Waals surface area contributed by atoms with Crippen molar-refractivity contribution < 1.29 is 14.1 Å². The first-order valence-electron chi connectivity index (χ1n) is 8.32. The van der Waals surface area contributed by atoms with Crippen LogP contribution in [0.3, 0.4) is 0 Å². The molecule has 0 amide bonds. The molecular formula is C19H15ClN4O3S. The minimum absolute atomic E-state index is 0.252. The molecule has 28 heavy (non-hydrogen) atoms. The van der Waals surface area contributed by atoms with Crippen LogP contribution in [0.2, 0.25) is 5.02 Å². The lowest BCUT2D eigenvalue weighted by Crippen LogP contribution is -2.09. The summed E-state index contributed by atoms with van der Waals surface area (Å²) in [6.07, 6.45) is 0. The first kappa shape index (κ1) is 19.9. The maximum atomic E-state index is 12.0. The van der Waals surface area contributed by atoms with Crippen molar-refractivity contribution in [3.05, 3.63) is 58.0 Å². The Morgan fingerprint density at radius 1 is 1.36 bits per heavy atom. The molecule has 0 unspecified atom stereocenters. The van der Waals surface area contributed by atoms with Gasteiger partial charge >= 0.3 is 5.97 Å². The van der Waals surface area contributed by atoms with E-state index in [4.69, 9.17) is 20.9 Å². The smallest absolute Gasteiger partial charge is 0.340 e. The molecule has 0 saturated heterocycles. The molecule has 0 fully saturated rings. The van der Waals surface area contributed by atoms with Crippen molar-refractivity contribution in [2.75, 3.05) is 6.61 Å². The quantitative estimate of drug-likeness (QED) is 0.431. The number of halogens is 1. The maximum Gasteiger partial charge on any atom is 0.340 e. The van der Waals surface area contributed by atoms with Gasteiger partial charge in [-0.05, 0) is 32.0 Å². The van der Waals surface area contributed by atoms with Crippen LogP contribution in [0.25, 0.3) is 11.5 Å². The Hall–Kier alpha value is -2.89. The number of carbonyl (C=O) groups excluding carboxylic acids is 1. The van der Waals surface area contributed by atoms with Crippen LogP contribution in [0.5, 0.6) is 0 Å². The number of pyridine rings is 1. The molecule has 0 N–H and O–H groups in total. The lowest BCUT2D eigenvalue weighted by Gasteiger charge is -2.08. The van der Waals surface area contributed by atoms with Gasteiger partial charge in [0.15, 0.2) is 5.82 Å². The lowest BCUT2D eigenvalue weighted by atomic mass is 10.1. The number of carbonyl (C=O) groups is 1. The number of hydrogen-bond donors (Lipinski definition) is 0. The molecule has 3 rings (SSSR count). The Balaban J connectivity index is 1.78. The van der Waals surface area contributed by atoms with Gasteiger partial charge in [-0.25, -0.2) is 9.78 Å². The second-order valence-electron chi connectivity index (χ2n) is 5.59. The number of esters is 1. The van der Waals surface area contributed by atoms with E-state index in [0.29, 0.717) is 38.8 Å². The van der Waals surface area contributed by atoms with Gasteiger partial charge in [0.25, 0.3) is 5.89 Å². The topological polar surface area (TPSA) is 102 Å². The normalized spacial score (nSPS) is 10.5. The molecule has 2 heterocycles. The average molecular weight is 415 g/mol. The van der Waals surface area contributed by atoms with Gasteiger partial charge in [-0.3, -0.25) is 0 Å². The minimum Gasteiger partial charge on any atom is -0.462 e. The summed E-state index contributed by atoms with van der Waals surface area (Å²) in [6, 6.07) is 10.7. The zero-order valence-electron chi connectivity index (χ0n) is 15.1. The number of benzene rings is 1. The van der Waals surface area contributed by atoms with Crippen LogP contribution in [0.1, 0.15) is 34.4 Å². The SMILES string of the molecule is CCOC(=O)c1cc(C#N)c(SCc2noc(-c3ccccc3Cl)n2)nc1C. The molecule has 0 saturated carbocycles. The highest BCUT2D eigenvalue weighted by molar-refractivity contribution is 7.98. The van der Waals surface area contributed by atoms with Gasteiger partial charge in [0.1, 0.15) is 11.1 Å². The van der Waals surface area contributed by atoms with Crippen LogP contribution in [0.4, 0.5) is 0 Å². The maximum absolute atomic E-state index is 12.0. The van der Waals surface area contributed by atoms with Crippen molar-refractivity contribution >= 4 is 29.3 Å². The van der Waals surface area contributed by atoms with Crippen LogP contribution < -0.4 is 0 Å². The largest absolute Gasteiger partial charge is 0.462 e. The van der Waals surface area contributed by atoms with Gasteiger partial charge < -0.3 is 9.26 Å². The molecule has 0 aliphatic heterocycles. The van der Waals surface area contributed by atoms with E-state index in [0.717, 1.165) is 0 Å². The molecule has 3 aromatic rings. The third kappa shape index (κ3) is 4.32. The van der Waals surface area contributed by atoms with Crippen molar-refractivity contribution in [1.29, 1.82) is 5.26 Å². The van der Waals surface area contributed by atoms with E-state index in [2.05, 4.69) is 21.2 Å². The molecule has 0 spiro atoms. The van der Waals surface area contributed by atoms with Gasteiger partial charge in [-0.2, -0.15) is 10.2 Å². The highest BCUT2D eigenvalue weighted by atomic mass is 35.5. The van der Waals surface area contributed by atoms with Gasteiger partial charge in [-0.1, -0.05) is 40.7 Å². The Morgan fingerprint density at radius 3 is 2.86 bits per heavy atom. The number of ether oxygens (including phenoxy) is 1. The van der Waals surface area contributed by atoms with Gasteiger partial charge in [0.2, 0.25) is 0 Å². The third-order valence-electron chi connectivity index (χ3n) is 3.70. The fourth-order valence-corrected chi connectivity index (χ4v) is 3.44. The zero-order chi connectivity index (χ0) is 20.1. The molecule has 2 aromatic heterocycles. The van der Waals surface area contributed by atoms with Crippen molar-refractivity contribution in [3.8, 4) is 17.5 Å². The molecule has 0 atom stereocenters. The summed E-state index contributed by atoms with van der Waals surface area (Å²) in [5.74, 6) is 0.609. The predicted molar refractivity (Wildman–Crippen MR) is 104 cm³/mol. The average Bonchev–Trinajstić information content (AvgIpc) is 3.15. The summed E-state index contributed by atoms with van der Waals surface area (Å²) in [5, 5.41) is 14.4. The summed E-state index contributed by atoms with van der Waals surface area (Å²) >= 11 is 7.43. The minimum atomic E-state index is -0.497. The molecule has 142 valence electrons. The Morgan fingerprint density at radius 2 is 2.14 bits per heavy atom. The highest BCUT2D eigenvalue weighted by Crippen LogP contribution is 2.29. The molecular weight excluding hydrogens is 400 g/mol. The summed E-state index contributed by atoms with van der Waals surface area (Å²) in [7, 11) is 0. The first-order valence-corrected chi connectivity index (χ1v) is 9.69. The molecule has 7 nitrogen and oxygen atoms in total. The lowest BCUT2D eigenvalue weighted by molar-refractivity contribution is 0.0524. The second kappa shape index (κ2) is 8.87. The molecule has 0 aliphatic rings. The Bertz CT molecular complexity index is 1060. The fraction of sp³-hybridized carbons (Fsp3) is 0.211. The molecule has 9 heteroatoms. The van der Waals surface area contributed by atoms with E-state index in [1.165, 1.54) is 17.8 Å². The summed E-state index contributed by atoms with van der Waals surface area (Å²) in [4.78, 5) is 20.7. The Kier molecular flexibility index (Phi) is 6.29. The van der Waals surface area contributed by atoms with E-state index < -0.39 is 5.97 Å². The van der Waals surface area contributed by atoms with Gasteiger partial charge in [0.05, 0.1) is 39.8 Å². The molecule has 0 radical (unpaired) electrons. The zero-order valence-corrected chi connectivity index (χ0v) is 16.7. The number of thioether (sulfide) groups is 1. The summed E-state index contributed by atoms with van der Waals surface area (Å²) in [6.45, 7) is 3.67. The van der Waals surface area contributed by atoms with E-state index in [1.807, 2.05) is 12.1 Å². The number of aromatic nitrogens is 3. The highest BCUT2D eigenvalue weighted by Gasteiger charge is 2.18. The van der Waals surface area contributed by atoms with Gasteiger partial charge in [-0.15, -0.1) is 0 Å². The number of nitriles is 1. The van der Waals surface area contributed by atoms with E-state index in [1.54, 1.807) is 26.0 Å². The van der Waals surface area contributed by atoms with Crippen LogP contribution in [0, 0.1) is 18.3 Å². The van der Waals surface area contributed by atoms with E-state index in [-0.39, 0.29) is 17.7 Å². The van der Waals surface area contributed by atoms with Crippen molar-refractivity contribution in [1.82, 2.24) is 15.1 Å². The summed E-state index contributed by atoms with van der Waals surface area (Å²) < 4.78 is 10.3. The second-order valence-corrected chi connectivity index (χ2v) is 6.96. The molecule has 0 bridgehead atoms. The van der Waals surface area contributed by atoms with E-state index in [9.17, 15) is 10.1 Å². The summed E-state index contributed by atoms with van der Waals surface area (Å²) in [5.41, 5.74) is 1.71. The fourth-order valence-electron chi connectivity index (χ4n) is 2.38. The van der Waals surface area contributed by atoms with Crippen LogP contribution >= 0.6 is 23.4 Å². The van der Waals surface area contributed by atoms with E-state index >= 15 is 0 Å². The molecule has 1 aromatic carbocycles. The number of nitrogens with zero attached hydrogens (tertiary/aromatic N) is 4.